The maximum absolute atomic E-state index is 11.9. The van der Waals surface area contributed by atoms with Gasteiger partial charge in [0.25, 0.3) is 5.91 Å². The van der Waals surface area contributed by atoms with Gasteiger partial charge in [-0.3, -0.25) is 9.69 Å². The Morgan fingerprint density at radius 1 is 1.44 bits per heavy atom. The van der Waals surface area contributed by atoms with Gasteiger partial charge in [-0.25, -0.2) is 4.98 Å². The lowest BCUT2D eigenvalue weighted by Gasteiger charge is -2.36. The predicted octanol–water partition coefficient (Wildman–Crippen LogP) is 1.80. The van der Waals surface area contributed by atoms with Crippen molar-refractivity contribution in [2.75, 3.05) is 26.7 Å². The average Bonchev–Trinajstić information content (AvgIpc) is 3.09. The van der Waals surface area contributed by atoms with Crippen LogP contribution in [-0.4, -0.2) is 47.0 Å². The lowest BCUT2D eigenvalue weighted by molar-refractivity contribution is 0.0962. The Hall–Kier alpha value is -2.18. The van der Waals surface area contributed by atoms with Crippen LogP contribution in [0, 0.1) is 0 Å². The quantitative estimate of drug-likeness (QED) is 0.841. The van der Waals surface area contributed by atoms with Gasteiger partial charge in [-0.2, -0.15) is 0 Å². The van der Waals surface area contributed by atoms with Gasteiger partial charge in [-0.05, 0) is 24.1 Å². The maximum Gasteiger partial charge on any atom is 0.251 e. The highest BCUT2D eigenvalue weighted by Crippen LogP contribution is 2.24. The van der Waals surface area contributed by atoms with E-state index in [2.05, 4.69) is 44.3 Å². The summed E-state index contributed by atoms with van der Waals surface area (Å²) in [5.74, 6) is 1.06. The van der Waals surface area contributed by atoms with Gasteiger partial charge in [0.2, 0.25) is 0 Å². The van der Waals surface area contributed by atoms with E-state index >= 15 is 0 Å². The van der Waals surface area contributed by atoms with Crippen molar-refractivity contribution in [2.24, 2.45) is 0 Å². The molecular formula is C19H27N5O. The fraction of sp³-hybridized carbons (Fsp3) is 0.474. The molecule has 1 fully saturated rings. The zero-order chi connectivity index (χ0) is 17.6. The largest absolute Gasteiger partial charge is 0.355 e. The molecule has 6 heteroatoms. The summed E-state index contributed by atoms with van der Waals surface area (Å²) in [4.78, 5) is 19.0. The van der Waals surface area contributed by atoms with Crippen molar-refractivity contribution in [1.82, 2.24) is 25.1 Å². The third-order valence-electron chi connectivity index (χ3n) is 4.73. The van der Waals surface area contributed by atoms with E-state index in [9.17, 15) is 4.79 Å². The van der Waals surface area contributed by atoms with Crippen molar-refractivity contribution >= 4 is 5.91 Å². The second kappa shape index (κ2) is 8.27. The van der Waals surface area contributed by atoms with Gasteiger partial charge >= 0.3 is 0 Å². The third-order valence-corrected chi connectivity index (χ3v) is 4.73. The summed E-state index contributed by atoms with van der Waals surface area (Å²) in [7, 11) is 1.66. The first-order chi connectivity index (χ1) is 12.2. The molecule has 25 heavy (non-hydrogen) atoms. The summed E-state index contributed by atoms with van der Waals surface area (Å²) >= 11 is 0. The molecule has 2 heterocycles. The molecule has 0 radical (unpaired) electrons. The Morgan fingerprint density at radius 3 is 3.12 bits per heavy atom. The average molecular weight is 341 g/mol. The minimum Gasteiger partial charge on any atom is -0.355 e. The number of nitrogens with one attached hydrogen (secondary N) is 2. The number of benzene rings is 1. The van der Waals surface area contributed by atoms with Crippen LogP contribution in [0.2, 0.25) is 0 Å². The van der Waals surface area contributed by atoms with Crippen LogP contribution < -0.4 is 10.6 Å². The van der Waals surface area contributed by atoms with Crippen molar-refractivity contribution < 1.29 is 4.79 Å². The minimum absolute atomic E-state index is 0.0457. The number of nitrogens with zero attached hydrogens (tertiary/aromatic N) is 3. The van der Waals surface area contributed by atoms with E-state index in [1.165, 1.54) is 5.56 Å². The number of aromatic nitrogens is 2. The Labute approximate surface area is 149 Å². The molecule has 1 saturated heterocycles. The predicted molar refractivity (Wildman–Crippen MR) is 98.4 cm³/mol. The molecule has 2 N–H and O–H groups in total. The van der Waals surface area contributed by atoms with Crippen molar-refractivity contribution in [3.63, 3.8) is 0 Å². The van der Waals surface area contributed by atoms with E-state index in [0.29, 0.717) is 5.56 Å². The van der Waals surface area contributed by atoms with Crippen LogP contribution in [0.5, 0.6) is 0 Å². The second-order valence-electron chi connectivity index (χ2n) is 6.43. The van der Waals surface area contributed by atoms with Crippen LogP contribution in [0.3, 0.4) is 0 Å². The van der Waals surface area contributed by atoms with Crippen molar-refractivity contribution in [1.29, 1.82) is 0 Å². The molecule has 1 aliphatic heterocycles. The van der Waals surface area contributed by atoms with Crippen LogP contribution in [0.1, 0.15) is 41.1 Å². The summed E-state index contributed by atoms with van der Waals surface area (Å²) in [6.07, 6.45) is 5.04. The summed E-state index contributed by atoms with van der Waals surface area (Å²) in [6, 6.07) is 8.17. The molecule has 1 atom stereocenters. The maximum atomic E-state index is 11.9. The van der Waals surface area contributed by atoms with E-state index < -0.39 is 0 Å². The van der Waals surface area contributed by atoms with E-state index in [0.717, 1.165) is 45.0 Å². The number of hydrogen-bond donors (Lipinski definition) is 2. The molecule has 134 valence electrons. The minimum atomic E-state index is -0.0457. The summed E-state index contributed by atoms with van der Waals surface area (Å²) in [6.45, 7) is 6.82. The number of aryl methyl sites for hydroxylation is 1. The molecule has 1 aromatic heterocycles. The Balaban J connectivity index is 1.81. The summed E-state index contributed by atoms with van der Waals surface area (Å²) in [5, 5.41) is 6.17. The van der Waals surface area contributed by atoms with Crippen molar-refractivity contribution in [2.45, 2.75) is 32.5 Å². The molecule has 0 bridgehead atoms. The van der Waals surface area contributed by atoms with Gasteiger partial charge < -0.3 is 15.2 Å². The standard InChI is InChI=1S/C19H27N5O/c1-3-9-23-11-8-22-18(23)14-24-10-7-21-13-17(24)15-5-4-6-16(12-15)19(25)20-2/h4-6,8,11-12,17,21H,3,7,9-10,13-14H2,1-2H3,(H,20,25)/t17-/m0/s1. The van der Waals surface area contributed by atoms with Gasteiger partial charge in [0.15, 0.2) is 0 Å². The summed E-state index contributed by atoms with van der Waals surface area (Å²) in [5.41, 5.74) is 1.87. The Bertz CT molecular complexity index is 711. The highest BCUT2D eigenvalue weighted by molar-refractivity contribution is 5.94. The zero-order valence-electron chi connectivity index (χ0n) is 15.0. The van der Waals surface area contributed by atoms with Crippen LogP contribution >= 0.6 is 0 Å². The smallest absolute Gasteiger partial charge is 0.251 e. The van der Waals surface area contributed by atoms with E-state index in [-0.39, 0.29) is 11.9 Å². The molecule has 0 spiro atoms. The number of carbonyl (C=O) groups is 1. The van der Waals surface area contributed by atoms with Crippen LogP contribution in [0.15, 0.2) is 36.7 Å². The first-order valence-electron chi connectivity index (χ1n) is 8.99. The summed E-state index contributed by atoms with van der Waals surface area (Å²) < 4.78 is 2.24. The fourth-order valence-electron chi connectivity index (χ4n) is 3.41. The SMILES string of the molecule is CCCn1ccnc1CN1CCNC[C@H]1c1cccc(C(=O)NC)c1. The molecule has 1 aromatic carbocycles. The van der Waals surface area contributed by atoms with Crippen molar-refractivity contribution in [3.8, 4) is 0 Å². The van der Waals surface area contributed by atoms with Gasteiger partial charge in [-0.1, -0.05) is 19.1 Å². The molecule has 0 unspecified atom stereocenters. The van der Waals surface area contributed by atoms with Gasteiger partial charge in [0, 0.05) is 57.2 Å². The number of piperazine rings is 1. The lowest BCUT2D eigenvalue weighted by atomic mass is 10.0. The number of amides is 1. The third kappa shape index (κ3) is 4.08. The van der Waals surface area contributed by atoms with Gasteiger partial charge in [-0.15, -0.1) is 0 Å². The molecule has 0 saturated carbocycles. The molecule has 6 nitrogen and oxygen atoms in total. The second-order valence-corrected chi connectivity index (χ2v) is 6.43. The number of imidazole rings is 1. The van der Waals surface area contributed by atoms with Crippen LogP contribution in [-0.2, 0) is 13.1 Å². The van der Waals surface area contributed by atoms with Crippen LogP contribution in [0.25, 0.3) is 0 Å². The topological polar surface area (TPSA) is 62.2 Å². The molecule has 2 aromatic rings. The first-order valence-corrected chi connectivity index (χ1v) is 8.99. The molecule has 1 amide bonds. The molecule has 3 rings (SSSR count). The highest BCUT2D eigenvalue weighted by Gasteiger charge is 2.25. The first kappa shape index (κ1) is 17.6. The van der Waals surface area contributed by atoms with Gasteiger partial charge in [0.1, 0.15) is 5.82 Å². The zero-order valence-corrected chi connectivity index (χ0v) is 15.0. The van der Waals surface area contributed by atoms with E-state index in [1.807, 2.05) is 24.4 Å². The Morgan fingerprint density at radius 2 is 2.32 bits per heavy atom. The molecule has 1 aliphatic rings. The van der Waals surface area contributed by atoms with E-state index in [4.69, 9.17) is 0 Å². The number of hydrogen-bond acceptors (Lipinski definition) is 4. The van der Waals surface area contributed by atoms with E-state index in [1.54, 1.807) is 7.05 Å². The fourth-order valence-corrected chi connectivity index (χ4v) is 3.41. The molecule has 0 aliphatic carbocycles. The lowest BCUT2D eigenvalue weighted by Crippen LogP contribution is -2.45. The number of rotatable bonds is 6. The van der Waals surface area contributed by atoms with Crippen LogP contribution in [0.4, 0.5) is 0 Å². The monoisotopic (exact) mass is 341 g/mol. The number of carbonyl (C=O) groups excluding carboxylic acids is 1. The normalized spacial score (nSPS) is 18.2. The highest BCUT2D eigenvalue weighted by atomic mass is 16.1. The Kier molecular flexibility index (Phi) is 5.83. The molecular weight excluding hydrogens is 314 g/mol. The van der Waals surface area contributed by atoms with Crippen molar-refractivity contribution in [3.05, 3.63) is 53.6 Å². The van der Waals surface area contributed by atoms with Gasteiger partial charge in [0.05, 0.1) is 6.54 Å².